The molecule has 6 nitrogen and oxygen atoms in total. The Morgan fingerprint density at radius 2 is 1.85 bits per heavy atom. The minimum absolute atomic E-state index is 0.215. The van der Waals surface area contributed by atoms with Gasteiger partial charge in [-0.05, 0) is 36.4 Å². The highest BCUT2D eigenvalue weighted by Crippen LogP contribution is 2.28. The number of quaternary nitrogens is 1. The third kappa shape index (κ3) is 4.43. The van der Waals surface area contributed by atoms with E-state index in [2.05, 4.69) is 17.3 Å². The molecule has 3 rings (SSSR count). The number of methoxy groups -OCH3 is 1. The predicted molar refractivity (Wildman–Crippen MR) is 101 cm³/mol. The summed E-state index contributed by atoms with van der Waals surface area (Å²) in [5.74, 6) is -1.39. The van der Waals surface area contributed by atoms with Crippen LogP contribution in [0.25, 0.3) is 0 Å². The van der Waals surface area contributed by atoms with E-state index in [1.165, 1.54) is 30.2 Å². The summed E-state index contributed by atoms with van der Waals surface area (Å²) in [7, 11) is 3.45. The summed E-state index contributed by atoms with van der Waals surface area (Å²) in [4.78, 5) is 28.1. The Labute approximate surface area is 157 Å². The minimum atomic E-state index is -0.481. The fourth-order valence-corrected chi connectivity index (χ4v) is 3.11. The zero-order valence-corrected chi connectivity index (χ0v) is 15.4. The van der Waals surface area contributed by atoms with Crippen molar-refractivity contribution in [2.24, 2.45) is 0 Å². The molecule has 1 amide bonds. The number of anilines is 2. The fourth-order valence-electron chi connectivity index (χ4n) is 3.11. The number of likely N-dealkylation sites (N-methyl/N-ethyl adjacent to an activating group) is 1. The summed E-state index contributed by atoms with van der Waals surface area (Å²) in [6, 6.07) is 10.6. The van der Waals surface area contributed by atoms with Gasteiger partial charge in [0.1, 0.15) is 5.82 Å². The average Bonchev–Trinajstić information content (AvgIpc) is 2.68. The molecule has 1 aliphatic heterocycles. The van der Waals surface area contributed by atoms with Crippen LogP contribution in [-0.2, 0) is 4.74 Å². The topological polar surface area (TPSA) is 63.1 Å². The molecule has 0 spiro atoms. The van der Waals surface area contributed by atoms with Gasteiger partial charge in [-0.1, -0.05) is 6.07 Å². The molecule has 2 N–H and O–H groups in total. The molecule has 1 fully saturated rings. The Bertz CT molecular complexity index is 848. The second-order valence-corrected chi connectivity index (χ2v) is 6.63. The first-order valence-corrected chi connectivity index (χ1v) is 8.83. The molecule has 0 unspecified atom stereocenters. The van der Waals surface area contributed by atoms with Crippen molar-refractivity contribution < 1.29 is 23.6 Å². The molecule has 0 aromatic heterocycles. The van der Waals surface area contributed by atoms with E-state index < -0.39 is 17.7 Å². The van der Waals surface area contributed by atoms with Crippen molar-refractivity contribution >= 4 is 23.3 Å². The second kappa shape index (κ2) is 8.18. The number of nitrogens with zero attached hydrogens (tertiary/aromatic N) is 1. The van der Waals surface area contributed by atoms with Crippen molar-refractivity contribution in [1.29, 1.82) is 0 Å². The zero-order valence-electron chi connectivity index (χ0n) is 15.4. The van der Waals surface area contributed by atoms with E-state index >= 15 is 0 Å². The molecule has 2 aromatic carbocycles. The summed E-state index contributed by atoms with van der Waals surface area (Å²) in [5, 5.41) is 2.82. The lowest BCUT2D eigenvalue weighted by molar-refractivity contribution is -0.880. The lowest BCUT2D eigenvalue weighted by Crippen LogP contribution is -3.12. The van der Waals surface area contributed by atoms with Crippen LogP contribution in [0.1, 0.15) is 20.7 Å². The minimum Gasteiger partial charge on any atom is -0.465 e. The number of ether oxygens (including phenoxy) is 1. The van der Waals surface area contributed by atoms with Crippen molar-refractivity contribution in [3.05, 3.63) is 59.4 Å². The van der Waals surface area contributed by atoms with Crippen LogP contribution in [0.15, 0.2) is 42.5 Å². The Kier molecular flexibility index (Phi) is 5.71. The van der Waals surface area contributed by atoms with Crippen molar-refractivity contribution in [2.45, 2.75) is 0 Å². The van der Waals surface area contributed by atoms with Crippen molar-refractivity contribution in [1.82, 2.24) is 0 Å². The maximum Gasteiger partial charge on any atom is 0.337 e. The third-order valence-electron chi connectivity index (χ3n) is 4.71. The van der Waals surface area contributed by atoms with E-state index in [0.717, 1.165) is 31.9 Å². The number of esters is 1. The van der Waals surface area contributed by atoms with Gasteiger partial charge in [0.2, 0.25) is 0 Å². The number of carbonyl (C=O) groups excluding carboxylic acids is 2. The highest BCUT2D eigenvalue weighted by Gasteiger charge is 2.22. The van der Waals surface area contributed by atoms with E-state index in [1.807, 2.05) is 6.07 Å². The van der Waals surface area contributed by atoms with E-state index in [9.17, 15) is 14.0 Å². The van der Waals surface area contributed by atoms with Crippen LogP contribution in [0.3, 0.4) is 0 Å². The molecule has 1 saturated heterocycles. The molecule has 27 heavy (non-hydrogen) atoms. The number of rotatable bonds is 4. The number of halogens is 1. The number of piperazine rings is 1. The summed E-state index contributed by atoms with van der Waals surface area (Å²) in [5.41, 5.74) is 1.90. The van der Waals surface area contributed by atoms with Gasteiger partial charge in [-0.2, -0.15) is 0 Å². The number of benzene rings is 2. The summed E-state index contributed by atoms with van der Waals surface area (Å²) >= 11 is 0. The highest BCUT2D eigenvalue weighted by atomic mass is 19.1. The van der Waals surface area contributed by atoms with Crippen LogP contribution in [0, 0.1) is 5.82 Å². The van der Waals surface area contributed by atoms with Gasteiger partial charge in [-0.15, -0.1) is 0 Å². The van der Waals surface area contributed by atoms with Gasteiger partial charge in [0.15, 0.2) is 0 Å². The fraction of sp³-hybridized carbons (Fsp3) is 0.300. The van der Waals surface area contributed by atoms with Crippen molar-refractivity contribution in [2.75, 3.05) is 50.6 Å². The second-order valence-electron chi connectivity index (χ2n) is 6.63. The monoisotopic (exact) mass is 372 g/mol. The van der Waals surface area contributed by atoms with Gasteiger partial charge in [-0.25, -0.2) is 9.18 Å². The first-order valence-electron chi connectivity index (χ1n) is 8.83. The summed E-state index contributed by atoms with van der Waals surface area (Å²) in [6.45, 7) is 3.64. The average molecular weight is 372 g/mol. The molecule has 142 valence electrons. The number of hydrogen-bond donors (Lipinski definition) is 2. The van der Waals surface area contributed by atoms with Gasteiger partial charge in [0.05, 0.1) is 57.3 Å². The normalized spacial score (nSPS) is 14.7. The van der Waals surface area contributed by atoms with Crippen LogP contribution in [0.5, 0.6) is 0 Å². The summed E-state index contributed by atoms with van der Waals surface area (Å²) < 4.78 is 18.2. The van der Waals surface area contributed by atoms with Gasteiger partial charge in [0, 0.05) is 5.56 Å². The Balaban J connectivity index is 1.92. The van der Waals surface area contributed by atoms with Gasteiger partial charge in [-0.3, -0.25) is 4.79 Å². The molecule has 0 radical (unpaired) electrons. The van der Waals surface area contributed by atoms with Crippen LogP contribution in [0.2, 0.25) is 0 Å². The molecule has 0 atom stereocenters. The Hall–Kier alpha value is -2.93. The Morgan fingerprint density at radius 3 is 2.52 bits per heavy atom. The van der Waals surface area contributed by atoms with Crippen LogP contribution < -0.4 is 15.1 Å². The zero-order chi connectivity index (χ0) is 19.4. The van der Waals surface area contributed by atoms with Gasteiger partial charge in [0.25, 0.3) is 5.91 Å². The first kappa shape index (κ1) is 18.8. The maximum atomic E-state index is 13.4. The molecule has 1 heterocycles. The number of hydrogen-bond acceptors (Lipinski definition) is 4. The maximum absolute atomic E-state index is 13.4. The standard InChI is InChI=1S/C20H22FN3O3/c1-23-8-10-24(11-9-23)18-7-6-15(20(26)27-2)13-17(18)22-19(25)14-4-3-5-16(21)12-14/h3-7,12-13H,8-11H2,1-2H3,(H,22,25)/p+1. The highest BCUT2D eigenvalue weighted by molar-refractivity contribution is 6.06. The molecular formula is C20H23FN3O3+. The van der Waals surface area contributed by atoms with E-state index in [-0.39, 0.29) is 5.56 Å². The number of carbonyl (C=O) groups is 2. The smallest absolute Gasteiger partial charge is 0.337 e. The lowest BCUT2D eigenvalue weighted by Gasteiger charge is -2.33. The van der Waals surface area contributed by atoms with E-state index in [0.29, 0.717) is 11.3 Å². The largest absolute Gasteiger partial charge is 0.465 e. The lowest BCUT2D eigenvalue weighted by atomic mass is 10.1. The van der Waals surface area contributed by atoms with Gasteiger partial charge < -0.3 is 19.9 Å². The van der Waals surface area contributed by atoms with Crippen LogP contribution >= 0.6 is 0 Å². The molecule has 1 aliphatic rings. The molecule has 2 aromatic rings. The SMILES string of the molecule is COC(=O)c1ccc(N2CC[NH+](C)CC2)c(NC(=O)c2cccc(F)c2)c1. The molecule has 0 saturated carbocycles. The number of nitrogens with one attached hydrogen (secondary N) is 2. The Morgan fingerprint density at radius 1 is 1.11 bits per heavy atom. The van der Waals surface area contributed by atoms with Crippen LogP contribution in [-0.4, -0.2) is 52.2 Å². The van der Waals surface area contributed by atoms with Crippen LogP contribution in [0.4, 0.5) is 15.8 Å². The van der Waals surface area contributed by atoms with E-state index in [1.54, 1.807) is 18.2 Å². The number of amides is 1. The molecular weight excluding hydrogens is 349 g/mol. The predicted octanol–water partition coefficient (Wildman–Crippen LogP) is 1.20. The van der Waals surface area contributed by atoms with E-state index in [4.69, 9.17) is 4.74 Å². The van der Waals surface area contributed by atoms with Crippen molar-refractivity contribution in [3.63, 3.8) is 0 Å². The third-order valence-corrected chi connectivity index (χ3v) is 4.71. The molecule has 0 aliphatic carbocycles. The van der Waals surface area contributed by atoms with Gasteiger partial charge >= 0.3 is 5.97 Å². The summed E-state index contributed by atoms with van der Waals surface area (Å²) in [6.07, 6.45) is 0. The quantitative estimate of drug-likeness (QED) is 0.792. The van der Waals surface area contributed by atoms with Crippen molar-refractivity contribution in [3.8, 4) is 0 Å². The first-order chi connectivity index (χ1) is 13.0. The molecule has 0 bridgehead atoms. The molecule has 7 heteroatoms.